The summed E-state index contributed by atoms with van der Waals surface area (Å²) in [6, 6.07) is 24.8. The van der Waals surface area contributed by atoms with E-state index in [1.807, 2.05) is 92.7 Å². The van der Waals surface area contributed by atoms with Gasteiger partial charge in [-0.3, -0.25) is 14.2 Å². The zero-order valence-corrected chi connectivity index (χ0v) is 26.0. The first-order valence-corrected chi connectivity index (χ1v) is 15.1. The van der Waals surface area contributed by atoms with Crippen molar-refractivity contribution in [1.29, 1.82) is 0 Å². The first kappa shape index (κ1) is 29.1. The summed E-state index contributed by atoms with van der Waals surface area (Å²) in [6.07, 6.45) is 1.82. The summed E-state index contributed by atoms with van der Waals surface area (Å²) in [4.78, 5) is 32.5. The van der Waals surface area contributed by atoms with E-state index >= 15 is 0 Å². The second-order valence-corrected chi connectivity index (χ2v) is 11.7. The van der Waals surface area contributed by atoms with Crippen LogP contribution in [0.3, 0.4) is 0 Å². The number of Topliss-reactive ketones (excluding diaryl/α,β-unsaturated/α-hetero) is 1. The van der Waals surface area contributed by atoms with E-state index < -0.39 is 6.04 Å². The maximum absolute atomic E-state index is 14.2. The van der Waals surface area contributed by atoms with E-state index in [4.69, 9.17) is 19.2 Å². The van der Waals surface area contributed by atoms with E-state index in [0.29, 0.717) is 44.5 Å². The molecule has 0 bridgehead atoms. The van der Waals surface area contributed by atoms with Crippen molar-refractivity contribution in [3.63, 3.8) is 0 Å². The zero-order chi connectivity index (χ0) is 31.0. The quantitative estimate of drug-likeness (QED) is 0.221. The molecule has 0 saturated carbocycles. The number of hydrogen-bond donors (Lipinski definition) is 0. The molecule has 5 aromatic rings. The van der Waals surface area contributed by atoms with Crippen molar-refractivity contribution in [3.8, 4) is 17.2 Å². The number of thiazole rings is 1. The number of carbonyl (C=O) groups excluding carboxylic acids is 1. The molecule has 2 heterocycles. The van der Waals surface area contributed by atoms with Crippen LogP contribution in [0.25, 0.3) is 16.8 Å². The number of aryl methyl sites for hydroxylation is 1. The van der Waals surface area contributed by atoms with Gasteiger partial charge in [0.25, 0.3) is 5.56 Å². The summed E-state index contributed by atoms with van der Waals surface area (Å²) in [7, 11) is 3.19. The Labute approximate surface area is 259 Å². The monoisotopic (exact) mass is 604 g/mol. The van der Waals surface area contributed by atoms with E-state index in [2.05, 4.69) is 6.07 Å². The predicted molar refractivity (Wildman–Crippen MR) is 173 cm³/mol. The van der Waals surface area contributed by atoms with Crippen molar-refractivity contribution >= 4 is 34.0 Å². The highest BCUT2D eigenvalue weighted by Gasteiger charge is 2.33. The van der Waals surface area contributed by atoms with Crippen LogP contribution >= 0.6 is 11.3 Å². The SMILES string of the molecule is COc1cc(C=c2sc3n(c2=O)C(c2c(OC)ccc4ccccc24)C(C(C)=O)=C(C)N=3)ccc1OCc1cccc(C)c1. The molecule has 0 saturated heterocycles. The Morgan fingerprint density at radius 2 is 1.70 bits per heavy atom. The van der Waals surface area contributed by atoms with E-state index in [9.17, 15) is 9.59 Å². The number of allylic oxidation sites excluding steroid dienone is 2. The van der Waals surface area contributed by atoms with Crippen molar-refractivity contribution in [2.75, 3.05) is 14.2 Å². The molecule has 1 unspecified atom stereocenters. The van der Waals surface area contributed by atoms with Gasteiger partial charge in [0.2, 0.25) is 0 Å². The standard InChI is InChI=1S/C36H32N2O5S/c1-21-9-8-10-25(17-21)20-43-28-15-13-24(18-30(28)42-5)19-31-35(40)38-34(32(23(3)39)22(2)37-36(38)44-31)33-27-12-7-6-11-26(27)14-16-29(33)41-4/h6-19,34H,20H2,1-5H3. The average molecular weight is 605 g/mol. The molecule has 1 atom stereocenters. The summed E-state index contributed by atoms with van der Waals surface area (Å²) >= 11 is 1.29. The molecule has 6 rings (SSSR count). The highest BCUT2D eigenvalue weighted by Crippen LogP contribution is 2.40. The molecule has 222 valence electrons. The zero-order valence-electron chi connectivity index (χ0n) is 25.2. The van der Waals surface area contributed by atoms with Crippen LogP contribution in [0.15, 0.2) is 99.9 Å². The Balaban J connectivity index is 1.46. The lowest BCUT2D eigenvalue weighted by molar-refractivity contribution is -0.114. The average Bonchev–Trinajstić information content (AvgIpc) is 3.32. The van der Waals surface area contributed by atoms with Gasteiger partial charge in [-0.1, -0.05) is 77.6 Å². The van der Waals surface area contributed by atoms with Crippen molar-refractivity contribution in [2.45, 2.75) is 33.4 Å². The van der Waals surface area contributed by atoms with Gasteiger partial charge in [0, 0.05) is 16.8 Å². The molecule has 8 heteroatoms. The van der Waals surface area contributed by atoms with Gasteiger partial charge in [-0.25, -0.2) is 4.99 Å². The summed E-state index contributed by atoms with van der Waals surface area (Å²) < 4.78 is 19.6. The fraction of sp³-hybridized carbons (Fsp3) is 0.194. The Morgan fingerprint density at radius 3 is 2.45 bits per heavy atom. The van der Waals surface area contributed by atoms with E-state index in [0.717, 1.165) is 27.5 Å². The first-order chi connectivity index (χ1) is 21.3. The van der Waals surface area contributed by atoms with E-state index in [1.165, 1.54) is 23.8 Å². The van der Waals surface area contributed by atoms with Gasteiger partial charge in [0.05, 0.1) is 24.8 Å². The molecule has 0 spiro atoms. The van der Waals surface area contributed by atoms with Gasteiger partial charge < -0.3 is 14.2 Å². The number of ketones is 1. The van der Waals surface area contributed by atoms with Gasteiger partial charge in [-0.2, -0.15) is 0 Å². The van der Waals surface area contributed by atoms with Crippen molar-refractivity contribution in [1.82, 2.24) is 4.57 Å². The van der Waals surface area contributed by atoms with Crippen LogP contribution in [0.1, 0.15) is 42.1 Å². The van der Waals surface area contributed by atoms with Gasteiger partial charge in [0.1, 0.15) is 12.4 Å². The third-order valence-corrected chi connectivity index (χ3v) is 8.77. The minimum Gasteiger partial charge on any atom is -0.496 e. The first-order valence-electron chi connectivity index (χ1n) is 14.2. The van der Waals surface area contributed by atoms with Gasteiger partial charge >= 0.3 is 0 Å². The molecule has 0 amide bonds. The highest BCUT2D eigenvalue weighted by molar-refractivity contribution is 7.07. The number of benzene rings is 4. The molecule has 1 aliphatic heterocycles. The minimum atomic E-state index is -0.695. The topological polar surface area (TPSA) is 79.1 Å². The van der Waals surface area contributed by atoms with Crippen LogP contribution in [0, 0.1) is 6.92 Å². The third kappa shape index (κ3) is 5.33. The summed E-state index contributed by atoms with van der Waals surface area (Å²) in [5.41, 5.74) is 4.58. The van der Waals surface area contributed by atoms with Crippen LogP contribution in [-0.2, 0) is 11.4 Å². The van der Waals surface area contributed by atoms with Crippen molar-refractivity contribution in [3.05, 3.63) is 132 Å². The predicted octanol–water partition coefficient (Wildman–Crippen LogP) is 5.88. The van der Waals surface area contributed by atoms with Gasteiger partial charge in [-0.15, -0.1) is 0 Å². The molecule has 7 nitrogen and oxygen atoms in total. The number of aromatic nitrogens is 1. The molecule has 0 aliphatic carbocycles. The van der Waals surface area contributed by atoms with Crippen LogP contribution in [0.2, 0.25) is 0 Å². The molecule has 1 aromatic heterocycles. The lowest BCUT2D eigenvalue weighted by atomic mass is 9.89. The van der Waals surface area contributed by atoms with Crippen LogP contribution < -0.4 is 29.1 Å². The van der Waals surface area contributed by atoms with Crippen LogP contribution in [0.4, 0.5) is 0 Å². The largest absolute Gasteiger partial charge is 0.496 e. The highest BCUT2D eigenvalue weighted by atomic mass is 32.1. The van der Waals surface area contributed by atoms with E-state index in [1.54, 1.807) is 18.8 Å². The fourth-order valence-electron chi connectivity index (χ4n) is 5.79. The van der Waals surface area contributed by atoms with Gasteiger partial charge in [0.15, 0.2) is 22.1 Å². The minimum absolute atomic E-state index is 0.147. The molecule has 0 radical (unpaired) electrons. The van der Waals surface area contributed by atoms with Crippen LogP contribution in [0.5, 0.6) is 17.2 Å². The molecular formula is C36H32N2O5S. The molecule has 44 heavy (non-hydrogen) atoms. The Kier molecular flexibility index (Phi) is 7.93. The molecule has 0 N–H and O–H groups in total. The lowest BCUT2D eigenvalue weighted by Crippen LogP contribution is -2.39. The maximum Gasteiger partial charge on any atom is 0.271 e. The Hall–Kier alpha value is -4.95. The number of ether oxygens (including phenoxy) is 3. The third-order valence-electron chi connectivity index (χ3n) is 7.79. The molecule has 0 fully saturated rings. The molecule has 1 aliphatic rings. The molecule has 4 aromatic carbocycles. The Bertz CT molecular complexity index is 2140. The molecular weight excluding hydrogens is 572 g/mol. The second-order valence-electron chi connectivity index (χ2n) is 10.7. The van der Waals surface area contributed by atoms with Crippen molar-refractivity contribution < 1.29 is 19.0 Å². The summed E-state index contributed by atoms with van der Waals surface area (Å²) in [5, 5.41) is 1.89. The second kappa shape index (κ2) is 12.0. The fourth-order valence-corrected chi connectivity index (χ4v) is 6.83. The van der Waals surface area contributed by atoms with Gasteiger partial charge in [-0.05, 0) is 66.9 Å². The normalized spacial score (nSPS) is 14.8. The Morgan fingerprint density at radius 1 is 0.932 bits per heavy atom. The van der Waals surface area contributed by atoms with Crippen molar-refractivity contribution in [2.24, 2.45) is 4.99 Å². The number of nitrogens with zero attached hydrogens (tertiary/aromatic N) is 2. The van der Waals surface area contributed by atoms with Crippen LogP contribution in [-0.4, -0.2) is 24.6 Å². The summed E-state index contributed by atoms with van der Waals surface area (Å²) in [5.74, 6) is 1.62. The number of carbonyl (C=O) groups is 1. The smallest absolute Gasteiger partial charge is 0.271 e. The summed E-state index contributed by atoms with van der Waals surface area (Å²) in [6.45, 7) is 5.79. The number of rotatable bonds is 8. The van der Waals surface area contributed by atoms with E-state index in [-0.39, 0.29) is 11.3 Å². The maximum atomic E-state index is 14.2. The number of methoxy groups -OCH3 is 2. The number of fused-ring (bicyclic) bond motifs is 2. The number of hydrogen-bond acceptors (Lipinski definition) is 7. The lowest BCUT2D eigenvalue weighted by Gasteiger charge is -2.27.